The van der Waals surface area contributed by atoms with E-state index in [1.807, 2.05) is 17.1 Å². The van der Waals surface area contributed by atoms with Crippen LogP contribution in [0.3, 0.4) is 0 Å². The van der Waals surface area contributed by atoms with Crippen LogP contribution in [0.5, 0.6) is 0 Å². The van der Waals surface area contributed by atoms with Crippen LogP contribution in [0, 0.1) is 0 Å². The molecular formula is C13H16N6S. The maximum Gasteiger partial charge on any atom is 0.128 e. The highest BCUT2D eigenvalue weighted by molar-refractivity contribution is 7.10. The molecule has 6 nitrogen and oxygen atoms in total. The van der Waals surface area contributed by atoms with Crippen LogP contribution in [0.4, 0.5) is 0 Å². The van der Waals surface area contributed by atoms with Crippen molar-refractivity contribution < 1.29 is 0 Å². The molecule has 3 rings (SSSR count). The van der Waals surface area contributed by atoms with Gasteiger partial charge in [0.05, 0.1) is 6.20 Å². The Morgan fingerprint density at radius 3 is 3.10 bits per heavy atom. The molecule has 0 saturated carbocycles. The summed E-state index contributed by atoms with van der Waals surface area (Å²) in [5.41, 5.74) is 0. The van der Waals surface area contributed by atoms with Gasteiger partial charge in [-0.05, 0) is 24.4 Å². The Hall–Kier alpha value is -1.99. The second-order valence-corrected chi connectivity index (χ2v) is 5.38. The molecule has 0 aliphatic heterocycles. The number of imidazole rings is 1. The lowest BCUT2D eigenvalue weighted by Gasteiger charge is -2.15. The number of thiophene rings is 1. The number of aromatic nitrogens is 5. The Bertz CT molecular complexity index is 553. The summed E-state index contributed by atoms with van der Waals surface area (Å²) in [6.07, 6.45) is 8.21. The van der Waals surface area contributed by atoms with E-state index in [0.717, 1.165) is 25.3 Å². The molecule has 0 aromatic carbocycles. The SMILES string of the molecule is c1csc([C@@H](NCCCn2ccnn2)c2ncc[nH]2)c1. The van der Waals surface area contributed by atoms with Crippen molar-refractivity contribution in [2.75, 3.05) is 6.54 Å². The van der Waals surface area contributed by atoms with Crippen LogP contribution in [0.25, 0.3) is 0 Å². The van der Waals surface area contributed by atoms with Crippen LogP contribution >= 0.6 is 11.3 Å². The first-order chi connectivity index (χ1) is 9.93. The summed E-state index contributed by atoms with van der Waals surface area (Å²) < 4.78 is 1.84. The monoisotopic (exact) mass is 288 g/mol. The van der Waals surface area contributed by atoms with Gasteiger partial charge in [0.15, 0.2) is 0 Å². The van der Waals surface area contributed by atoms with Crippen molar-refractivity contribution in [2.24, 2.45) is 0 Å². The van der Waals surface area contributed by atoms with E-state index in [9.17, 15) is 0 Å². The normalized spacial score (nSPS) is 12.6. The minimum absolute atomic E-state index is 0.126. The fourth-order valence-electron chi connectivity index (χ4n) is 2.06. The molecule has 0 radical (unpaired) electrons. The number of aromatic amines is 1. The third kappa shape index (κ3) is 3.12. The number of nitrogens with one attached hydrogen (secondary N) is 2. The summed E-state index contributed by atoms with van der Waals surface area (Å²) in [4.78, 5) is 8.81. The Morgan fingerprint density at radius 1 is 1.40 bits per heavy atom. The Balaban J connectivity index is 1.57. The molecule has 2 N–H and O–H groups in total. The first-order valence-corrected chi connectivity index (χ1v) is 7.41. The van der Waals surface area contributed by atoms with Gasteiger partial charge in [-0.25, -0.2) is 4.98 Å². The lowest BCUT2D eigenvalue weighted by molar-refractivity contribution is 0.505. The Labute approximate surface area is 120 Å². The highest BCUT2D eigenvalue weighted by atomic mass is 32.1. The molecule has 0 amide bonds. The van der Waals surface area contributed by atoms with Crippen LogP contribution in [0.15, 0.2) is 42.3 Å². The van der Waals surface area contributed by atoms with Gasteiger partial charge in [-0.3, -0.25) is 4.68 Å². The Morgan fingerprint density at radius 2 is 2.40 bits per heavy atom. The summed E-state index contributed by atoms with van der Waals surface area (Å²) in [7, 11) is 0. The van der Waals surface area contributed by atoms with Crippen LogP contribution in [-0.2, 0) is 6.54 Å². The molecule has 1 atom stereocenters. The predicted octanol–water partition coefficient (Wildman–Crippen LogP) is 1.83. The van der Waals surface area contributed by atoms with Crippen LogP contribution in [0.1, 0.15) is 23.2 Å². The second kappa shape index (κ2) is 6.44. The summed E-state index contributed by atoms with van der Waals surface area (Å²) in [5.74, 6) is 0.952. The van der Waals surface area contributed by atoms with Gasteiger partial charge < -0.3 is 10.3 Å². The third-order valence-corrected chi connectivity index (χ3v) is 3.94. The van der Waals surface area contributed by atoms with Crippen molar-refractivity contribution in [3.8, 4) is 0 Å². The molecule has 7 heteroatoms. The number of hydrogen-bond donors (Lipinski definition) is 2. The van der Waals surface area contributed by atoms with E-state index in [1.54, 1.807) is 23.7 Å². The first-order valence-electron chi connectivity index (χ1n) is 6.53. The summed E-state index contributed by atoms with van der Waals surface area (Å²) in [5, 5.41) is 13.4. The molecule has 3 heterocycles. The summed E-state index contributed by atoms with van der Waals surface area (Å²) >= 11 is 1.74. The van der Waals surface area contributed by atoms with E-state index in [0.29, 0.717) is 0 Å². The fourth-order valence-corrected chi connectivity index (χ4v) is 2.86. The first kappa shape index (κ1) is 13.0. The quantitative estimate of drug-likeness (QED) is 0.651. The van der Waals surface area contributed by atoms with E-state index in [4.69, 9.17) is 0 Å². The zero-order chi connectivity index (χ0) is 13.6. The lowest BCUT2D eigenvalue weighted by Crippen LogP contribution is -2.24. The molecule has 0 bridgehead atoms. The second-order valence-electron chi connectivity index (χ2n) is 4.40. The van der Waals surface area contributed by atoms with Crippen molar-refractivity contribution in [1.29, 1.82) is 0 Å². The average Bonchev–Trinajstić information content (AvgIpc) is 3.22. The highest BCUT2D eigenvalue weighted by Gasteiger charge is 2.16. The zero-order valence-corrected chi connectivity index (χ0v) is 11.8. The minimum Gasteiger partial charge on any atom is -0.347 e. The summed E-state index contributed by atoms with van der Waals surface area (Å²) in [6.45, 7) is 1.76. The number of aryl methyl sites for hydroxylation is 1. The molecule has 0 fully saturated rings. The van der Waals surface area contributed by atoms with Gasteiger partial charge in [-0.1, -0.05) is 11.3 Å². The molecule has 20 heavy (non-hydrogen) atoms. The standard InChI is InChI=1S/C13H16N6S/c1-3-11(20-10-1)12(13-15-5-6-16-13)14-4-2-8-19-9-7-17-18-19/h1,3,5-7,9-10,12,14H,2,4,8H2,(H,15,16)/t12-/m1/s1. The third-order valence-electron chi connectivity index (χ3n) is 3.00. The Kier molecular flexibility index (Phi) is 4.19. The van der Waals surface area contributed by atoms with Crippen molar-refractivity contribution in [3.05, 3.63) is 53.0 Å². The van der Waals surface area contributed by atoms with Crippen molar-refractivity contribution in [2.45, 2.75) is 19.0 Å². The van der Waals surface area contributed by atoms with Crippen molar-refractivity contribution in [3.63, 3.8) is 0 Å². The van der Waals surface area contributed by atoms with Gasteiger partial charge >= 0.3 is 0 Å². The van der Waals surface area contributed by atoms with E-state index in [-0.39, 0.29) is 6.04 Å². The van der Waals surface area contributed by atoms with Gasteiger partial charge in [0.25, 0.3) is 0 Å². The molecule has 0 spiro atoms. The van der Waals surface area contributed by atoms with Gasteiger partial charge in [-0.2, -0.15) is 0 Å². The molecule has 0 aliphatic rings. The molecule has 3 aromatic heterocycles. The molecule has 0 aliphatic carbocycles. The van der Waals surface area contributed by atoms with Crippen molar-refractivity contribution >= 4 is 11.3 Å². The van der Waals surface area contributed by atoms with Crippen LogP contribution in [0.2, 0.25) is 0 Å². The van der Waals surface area contributed by atoms with Gasteiger partial charge in [0.1, 0.15) is 11.9 Å². The van der Waals surface area contributed by atoms with E-state index >= 15 is 0 Å². The smallest absolute Gasteiger partial charge is 0.128 e. The van der Waals surface area contributed by atoms with Gasteiger partial charge in [0.2, 0.25) is 0 Å². The topological polar surface area (TPSA) is 71.4 Å². The van der Waals surface area contributed by atoms with Crippen LogP contribution in [-0.4, -0.2) is 31.5 Å². The molecule has 104 valence electrons. The maximum absolute atomic E-state index is 4.36. The fraction of sp³-hybridized carbons (Fsp3) is 0.308. The number of hydrogen-bond acceptors (Lipinski definition) is 5. The van der Waals surface area contributed by atoms with E-state index in [1.165, 1.54) is 4.88 Å². The minimum atomic E-state index is 0.126. The lowest BCUT2D eigenvalue weighted by atomic mass is 10.2. The highest BCUT2D eigenvalue weighted by Crippen LogP contribution is 2.23. The van der Waals surface area contributed by atoms with E-state index < -0.39 is 0 Å². The molecule has 0 unspecified atom stereocenters. The number of H-pyrrole nitrogens is 1. The van der Waals surface area contributed by atoms with Crippen molar-refractivity contribution in [1.82, 2.24) is 30.3 Å². The molecular weight excluding hydrogens is 272 g/mol. The largest absolute Gasteiger partial charge is 0.347 e. The summed E-state index contributed by atoms with van der Waals surface area (Å²) in [6, 6.07) is 4.32. The maximum atomic E-state index is 4.36. The predicted molar refractivity (Wildman–Crippen MR) is 77.4 cm³/mol. The molecule has 0 saturated heterocycles. The zero-order valence-electron chi connectivity index (χ0n) is 10.9. The van der Waals surface area contributed by atoms with E-state index in [2.05, 4.69) is 43.1 Å². The van der Waals surface area contributed by atoms with Gasteiger partial charge in [-0.15, -0.1) is 16.4 Å². The number of rotatable bonds is 7. The molecule has 3 aromatic rings. The van der Waals surface area contributed by atoms with Gasteiger partial charge in [0, 0.05) is 30.0 Å². The van der Waals surface area contributed by atoms with Crippen LogP contribution < -0.4 is 5.32 Å². The average molecular weight is 288 g/mol. The number of nitrogens with zero attached hydrogens (tertiary/aromatic N) is 4.